The molecule has 2 N–H and O–H groups in total. The molecule has 1 unspecified atom stereocenters. The lowest BCUT2D eigenvalue weighted by Crippen LogP contribution is -2.50. The van der Waals surface area contributed by atoms with Crippen molar-refractivity contribution in [1.82, 2.24) is 10.9 Å². The van der Waals surface area contributed by atoms with Crippen molar-refractivity contribution >= 4 is 27.7 Å². The topological polar surface area (TPSA) is 95.1 Å². The van der Waals surface area contributed by atoms with Crippen molar-refractivity contribution < 1.29 is 28.5 Å². The van der Waals surface area contributed by atoms with E-state index in [0.29, 0.717) is 27.5 Å². The number of halogens is 1. The molecule has 2 aromatic carbocycles. The lowest BCUT2D eigenvalue weighted by molar-refractivity contribution is -0.131. The maximum absolute atomic E-state index is 12.4. The molecule has 142 valence electrons. The minimum absolute atomic E-state index is 0.0403. The van der Waals surface area contributed by atoms with Crippen LogP contribution >= 0.6 is 15.9 Å². The van der Waals surface area contributed by atoms with Crippen LogP contribution in [-0.4, -0.2) is 38.7 Å². The third-order valence-corrected chi connectivity index (χ3v) is 4.59. The number of nitrogens with one attached hydrogen (secondary N) is 2. The molecule has 0 bridgehead atoms. The van der Waals surface area contributed by atoms with Crippen molar-refractivity contribution in [2.75, 3.05) is 20.8 Å². The Morgan fingerprint density at radius 3 is 2.33 bits per heavy atom. The standard InChI is InChI=1S/C18H17BrN2O6/c1-24-13-7-10(8-14(25-2)16(13)19)17(22)20-21-18(23)15-9-26-11-5-3-4-6-12(11)27-15/h3-8,15H,9H2,1-2H3,(H,20,22)(H,21,23). The molecule has 0 radical (unpaired) electrons. The Morgan fingerprint density at radius 1 is 1.07 bits per heavy atom. The highest BCUT2D eigenvalue weighted by Gasteiger charge is 2.27. The van der Waals surface area contributed by atoms with Crippen LogP contribution in [0.3, 0.4) is 0 Å². The number of carbonyl (C=O) groups is 2. The summed E-state index contributed by atoms with van der Waals surface area (Å²) >= 11 is 3.33. The van der Waals surface area contributed by atoms with E-state index in [2.05, 4.69) is 26.8 Å². The normalized spacial score (nSPS) is 14.9. The van der Waals surface area contributed by atoms with Gasteiger partial charge in [-0.2, -0.15) is 0 Å². The Hall–Kier alpha value is -2.94. The fraction of sp³-hybridized carbons (Fsp3) is 0.222. The Kier molecular flexibility index (Phi) is 5.70. The van der Waals surface area contributed by atoms with Crippen LogP contribution in [0.1, 0.15) is 10.4 Å². The number of ether oxygens (including phenoxy) is 4. The van der Waals surface area contributed by atoms with Gasteiger partial charge in [0.25, 0.3) is 11.8 Å². The lowest BCUT2D eigenvalue weighted by atomic mass is 10.2. The molecule has 1 heterocycles. The van der Waals surface area contributed by atoms with E-state index in [9.17, 15) is 9.59 Å². The zero-order chi connectivity index (χ0) is 19.4. The highest BCUT2D eigenvalue weighted by Crippen LogP contribution is 2.35. The quantitative estimate of drug-likeness (QED) is 0.712. The minimum atomic E-state index is -0.880. The highest BCUT2D eigenvalue weighted by molar-refractivity contribution is 9.10. The van der Waals surface area contributed by atoms with Gasteiger partial charge in [-0.25, -0.2) is 0 Å². The van der Waals surface area contributed by atoms with Crippen LogP contribution in [-0.2, 0) is 4.79 Å². The number of hydrogen-bond donors (Lipinski definition) is 2. The summed E-state index contributed by atoms with van der Waals surface area (Å²) in [6, 6.07) is 10.1. The van der Waals surface area contributed by atoms with Crippen molar-refractivity contribution in [3.05, 3.63) is 46.4 Å². The Balaban J connectivity index is 1.63. The van der Waals surface area contributed by atoms with Crippen molar-refractivity contribution in [1.29, 1.82) is 0 Å². The summed E-state index contributed by atoms with van der Waals surface area (Å²) in [6.07, 6.45) is -0.880. The molecule has 1 aliphatic rings. The molecule has 0 fully saturated rings. The van der Waals surface area contributed by atoms with E-state index in [1.54, 1.807) is 18.2 Å². The van der Waals surface area contributed by atoms with Crippen LogP contribution in [0.4, 0.5) is 0 Å². The summed E-state index contributed by atoms with van der Waals surface area (Å²) in [5.41, 5.74) is 4.92. The van der Waals surface area contributed by atoms with Gasteiger partial charge in [0, 0.05) is 5.56 Å². The predicted octanol–water partition coefficient (Wildman–Crippen LogP) is 2.07. The summed E-state index contributed by atoms with van der Waals surface area (Å²) in [4.78, 5) is 24.6. The molecule has 0 aromatic heterocycles. The third kappa shape index (κ3) is 4.08. The predicted molar refractivity (Wildman–Crippen MR) is 99.2 cm³/mol. The van der Waals surface area contributed by atoms with Gasteiger partial charge in [-0.3, -0.25) is 20.4 Å². The second-order valence-corrected chi connectivity index (χ2v) is 6.30. The molecule has 27 heavy (non-hydrogen) atoms. The summed E-state index contributed by atoms with van der Waals surface area (Å²) in [5.74, 6) is 0.814. The number of methoxy groups -OCH3 is 2. The third-order valence-electron chi connectivity index (χ3n) is 3.81. The van der Waals surface area contributed by atoms with Crippen LogP contribution in [0, 0.1) is 0 Å². The zero-order valence-corrected chi connectivity index (χ0v) is 16.2. The zero-order valence-electron chi connectivity index (χ0n) is 14.6. The van der Waals surface area contributed by atoms with Gasteiger partial charge in [0.2, 0.25) is 6.10 Å². The van der Waals surface area contributed by atoms with Gasteiger partial charge in [-0.15, -0.1) is 0 Å². The monoisotopic (exact) mass is 436 g/mol. The summed E-state index contributed by atoms with van der Waals surface area (Å²) in [5, 5.41) is 0. The number of para-hydroxylation sites is 2. The Morgan fingerprint density at radius 2 is 1.70 bits per heavy atom. The van der Waals surface area contributed by atoms with Crippen LogP contribution < -0.4 is 29.8 Å². The average Bonchev–Trinajstić information content (AvgIpc) is 2.71. The van der Waals surface area contributed by atoms with E-state index in [1.807, 2.05) is 6.07 Å². The van der Waals surface area contributed by atoms with Gasteiger partial charge in [-0.1, -0.05) is 12.1 Å². The molecule has 1 atom stereocenters. The second kappa shape index (κ2) is 8.17. The van der Waals surface area contributed by atoms with Crippen LogP contribution in [0.5, 0.6) is 23.0 Å². The molecule has 2 aromatic rings. The fourth-order valence-electron chi connectivity index (χ4n) is 2.42. The van der Waals surface area contributed by atoms with Crippen LogP contribution in [0.25, 0.3) is 0 Å². The van der Waals surface area contributed by atoms with Gasteiger partial charge >= 0.3 is 0 Å². The van der Waals surface area contributed by atoms with Crippen molar-refractivity contribution in [2.24, 2.45) is 0 Å². The largest absolute Gasteiger partial charge is 0.495 e. The van der Waals surface area contributed by atoms with Gasteiger partial charge in [0.1, 0.15) is 22.6 Å². The average molecular weight is 437 g/mol. The van der Waals surface area contributed by atoms with Crippen LogP contribution in [0.15, 0.2) is 40.9 Å². The Labute approximate surface area is 163 Å². The number of rotatable bonds is 4. The molecule has 1 aliphatic heterocycles. The molecule has 0 aliphatic carbocycles. The molecular formula is C18H17BrN2O6. The molecule has 0 spiro atoms. The minimum Gasteiger partial charge on any atom is -0.495 e. The number of hydrazine groups is 1. The van der Waals surface area contributed by atoms with E-state index >= 15 is 0 Å². The fourth-order valence-corrected chi connectivity index (χ4v) is 2.97. The first-order valence-corrected chi connectivity index (χ1v) is 8.73. The van der Waals surface area contributed by atoms with E-state index in [4.69, 9.17) is 18.9 Å². The number of amides is 2. The van der Waals surface area contributed by atoms with Crippen molar-refractivity contribution in [3.8, 4) is 23.0 Å². The first-order valence-electron chi connectivity index (χ1n) is 7.93. The van der Waals surface area contributed by atoms with Gasteiger partial charge in [0.05, 0.1) is 14.2 Å². The smallest absolute Gasteiger partial charge is 0.283 e. The van der Waals surface area contributed by atoms with Gasteiger partial charge in [-0.05, 0) is 40.2 Å². The molecule has 9 heteroatoms. The van der Waals surface area contributed by atoms with Crippen molar-refractivity contribution in [2.45, 2.75) is 6.10 Å². The maximum atomic E-state index is 12.4. The highest BCUT2D eigenvalue weighted by atomic mass is 79.9. The molecule has 2 amide bonds. The van der Waals surface area contributed by atoms with Gasteiger partial charge in [0.15, 0.2) is 11.5 Å². The van der Waals surface area contributed by atoms with E-state index in [-0.39, 0.29) is 12.2 Å². The summed E-state index contributed by atoms with van der Waals surface area (Å²) < 4.78 is 22.1. The lowest BCUT2D eigenvalue weighted by Gasteiger charge is -2.25. The molecule has 3 rings (SSSR count). The summed E-state index contributed by atoms with van der Waals surface area (Å²) in [6.45, 7) is 0.0403. The van der Waals surface area contributed by atoms with E-state index in [1.165, 1.54) is 26.4 Å². The number of carbonyl (C=O) groups excluding carboxylic acids is 2. The van der Waals surface area contributed by atoms with E-state index < -0.39 is 17.9 Å². The van der Waals surface area contributed by atoms with Gasteiger partial charge < -0.3 is 18.9 Å². The molecular weight excluding hydrogens is 420 g/mol. The molecule has 0 saturated carbocycles. The maximum Gasteiger partial charge on any atom is 0.283 e. The second-order valence-electron chi connectivity index (χ2n) is 5.50. The van der Waals surface area contributed by atoms with Crippen LogP contribution in [0.2, 0.25) is 0 Å². The first kappa shape index (κ1) is 18.8. The summed E-state index contributed by atoms with van der Waals surface area (Å²) in [7, 11) is 2.95. The van der Waals surface area contributed by atoms with Crippen molar-refractivity contribution in [3.63, 3.8) is 0 Å². The number of fused-ring (bicyclic) bond motifs is 1. The first-order chi connectivity index (χ1) is 13.0. The molecule has 0 saturated heterocycles. The number of hydrogen-bond acceptors (Lipinski definition) is 6. The Bertz CT molecular complexity index is 848. The SMILES string of the molecule is COc1cc(C(=O)NNC(=O)C2COc3ccccc3O2)cc(OC)c1Br. The molecule has 8 nitrogen and oxygen atoms in total. The number of benzene rings is 2. The van der Waals surface area contributed by atoms with E-state index in [0.717, 1.165) is 0 Å².